The lowest BCUT2D eigenvalue weighted by Gasteiger charge is -2.46. The first kappa shape index (κ1) is 20.2. The fourth-order valence-corrected chi connectivity index (χ4v) is 4.01. The molecule has 0 bridgehead atoms. The third-order valence-corrected chi connectivity index (χ3v) is 5.40. The highest BCUT2D eigenvalue weighted by atomic mass is 32.1. The van der Waals surface area contributed by atoms with E-state index in [-0.39, 0.29) is 16.1 Å². The van der Waals surface area contributed by atoms with Gasteiger partial charge < -0.3 is 15.7 Å². The zero-order chi connectivity index (χ0) is 20.7. The van der Waals surface area contributed by atoms with E-state index in [4.69, 9.17) is 12.2 Å². The number of ketones is 1. The lowest BCUT2D eigenvalue weighted by molar-refractivity contribution is -0.385. The van der Waals surface area contributed by atoms with Gasteiger partial charge in [-0.2, -0.15) is 13.2 Å². The Labute approximate surface area is 165 Å². The molecule has 0 amide bonds. The Bertz CT molecular complexity index is 935. The molecular formula is C16H12F3N3O4S2. The molecule has 2 heterocycles. The van der Waals surface area contributed by atoms with Crippen molar-refractivity contribution < 1.29 is 28.0 Å². The molecule has 0 radical (unpaired) electrons. The lowest BCUT2D eigenvalue weighted by Crippen LogP contribution is -2.72. The number of nitro benzene ring substituents is 1. The number of Topliss-reactive ketones (excluding diaryl/α,β-unsaturated/α-hetero) is 1. The van der Waals surface area contributed by atoms with E-state index in [0.29, 0.717) is 0 Å². The molecule has 1 aliphatic heterocycles. The smallest absolute Gasteiger partial charge is 0.363 e. The summed E-state index contributed by atoms with van der Waals surface area (Å²) in [7, 11) is 0. The Morgan fingerprint density at radius 2 is 2.04 bits per heavy atom. The minimum atomic E-state index is -5.25. The zero-order valence-corrected chi connectivity index (χ0v) is 15.4. The van der Waals surface area contributed by atoms with Crippen molar-refractivity contribution in [3.8, 4) is 0 Å². The quantitative estimate of drug-likeness (QED) is 0.296. The predicted octanol–water partition coefficient (Wildman–Crippen LogP) is 2.93. The number of rotatable bonds is 4. The van der Waals surface area contributed by atoms with E-state index in [1.54, 1.807) is 5.32 Å². The summed E-state index contributed by atoms with van der Waals surface area (Å²) in [6.45, 7) is 0. The van der Waals surface area contributed by atoms with Crippen LogP contribution in [0.3, 0.4) is 0 Å². The molecule has 1 fully saturated rings. The van der Waals surface area contributed by atoms with Crippen molar-refractivity contribution in [3.63, 3.8) is 0 Å². The van der Waals surface area contributed by atoms with Gasteiger partial charge in [-0.25, -0.2) is 0 Å². The van der Waals surface area contributed by atoms with Gasteiger partial charge in [0, 0.05) is 12.1 Å². The summed E-state index contributed by atoms with van der Waals surface area (Å²) >= 11 is 5.72. The molecule has 3 rings (SSSR count). The van der Waals surface area contributed by atoms with Crippen LogP contribution in [0.15, 0.2) is 41.8 Å². The maximum Gasteiger partial charge on any atom is 0.437 e. The van der Waals surface area contributed by atoms with E-state index in [1.165, 1.54) is 29.6 Å². The van der Waals surface area contributed by atoms with Gasteiger partial charge in [-0.1, -0.05) is 18.2 Å². The third-order valence-electron chi connectivity index (χ3n) is 4.29. The summed E-state index contributed by atoms with van der Waals surface area (Å²) < 4.78 is 41.4. The molecule has 28 heavy (non-hydrogen) atoms. The molecule has 12 heteroatoms. The van der Waals surface area contributed by atoms with Gasteiger partial charge in [0.05, 0.1) is 15.8 Å². The molecular weight excluding hydrogens is 419 g/mol. The Balaban J connectivity index is 2.17. The molecule has 2 aromatic rings. The van der Waals surface area contributed by atoms with E-state index >= 15 is 0 Å². The van der Waals surface area contributed by atoms with Crippen LogP contribution in [0.5, 0.6) is 0 Å². The number of nitrogens with one attached hydrogen (secondary N) is 2. The van der Waals surface area contributed by atoms with Crippen molar-refractivity contribution in [1.29, 1.82) is 0 Å². The topological polar surface area (TPSA) is 104 Å². The fraction of sp³-hybridized carbons (Fsp3) is 0.250. The van der Waals surface area contributed by atoms with Crippen molar-refractivity contribution >= 4 is 40.1 Å². The van der Waals surface area contributed by atoms with E-state index < -0.39 is 39.7 Å². The lowest BCUT2D eigenvalue weighted by atomic mass is 9.78. The van der Waals surface area contributed by atoms with E-state index in [0.717, 1.165) is 23.5 Å². The minimum absolute atomic E-state index is 0.000441. The van der Waals surface area contributed by atoms with Crippen molar-refractivity contribution in [1.82, 2.24) is 10.6 Å². The number of aliphatic hydroxyl groups is 1. The molecule has 1 aromatic heterocycles. The van der Waals surface area contributed by atoms with Gasteiger partial charge in [0.25, 0.3) is 5.69 Å². The first-order chi connectivity index (χ1) is 13.0. The number of nitrogens with zero attached hydrogens (tertiary/aromatic N) is 1. The average molecular weight is 431 g/mol. The maximum absolute atomic E-state index is 13.8. The Morgan fingerprint density at radius 1 is 1.32 bits per heavy atom. The second-order valence-electron chi connectivity index (χ2n) is 6.01. The van der Waals surface area contributed by atoms with Gasteiger partial charge in [-0.05, 0) is 29.2 Å². The number of halogens is 3. The van der Waals surface area contributed by atoms with Crippen LogP contribution in [0.1, 0.15) is 21.3 Å². The molecule has 0 unspecified atom stereocenters. The molecule has 0 saturated carbocycles. The number of hydrogen-bond acceptors (Lipinski definition) is 6. The Kier molecular flexibility index (Phi) is 5.12. The van der Waals surface area contributed by atoms with Crippen molar-refractivity contribution in [3.05, 3.63) is 62.3 Å². The normalized spacial score (nSPS) is 24.9. The van der Waals surface area contributed by atoms with Crippen molar-refractivity contribution in [2.24, 2.45) is 5.92 Å². The Morgan fingerprint density at radius 3 is 2.61 bits per heavy atom. The van der Waals surface area contributed by atoms with Crippen LogP contribution >= 0.6 is 23.6 Å². The molecule has 1 aromatic carbocycles. The highest BCUT2D eigenvalue weighted by molar-refractivity contribution is 7.80. The van der Waals surface area contributed by atoms with Gasteiger partial charge in [0.1, 0.15) is 5.92 Å². The number of thiophene rings is 1. The number of non-ortho nitro benzene ring substituents is 1. The summed E-state index contributed by atoms with van der Waals surface area (Å²) in [5.41, 5.74) is -4.02. The Hall–Kier alpha value is -2.57. The molecule has 0 aliphatic carbocycles. The SMILES string of the molecule is O=C(c1cccs1)[C@H]1[C@@H](c2cccc([N+](=O)[O-])c2)NC(=S)N[C@@]1(O)C(F)(F)F. The second kappa shape index (κ2) is 7.11. The number of alkyl halides is 3. The number of nitro groups is 1. The molecule has 0 spiro atoms. The first-order valence-electron chi connectivity index (χ1n) is 7.74. The van der Waals surface area contributed by atoms with Gasteiger partial charge in [0.15, 0.2) is 10.9 Å². The number of carbonyl (C=O) groups excluding carboxylic acids is 1. The number of thiocarbonyl (C=S) groups is 1. The summed E-state index contributed by atoms with van der Waals surface area (Å²) in [4.78, 5) is 23.3. The summed E-state index contributed by atoms with van der Waals surface area (Å²) in [6.07, 6.45) is -5.25. The molecule has 3 atom stereocenters. The average Bonchev–Trinajstić information content (AvgIpc) is 3.14. The standard InChI is InChI=1S/C16H12F3N3O4S2/c17-16(18,19)15(24)11(13(23)10-5-2-6-28-10)12(20-14(27)21-15)8-3-1-4-9(7-8)22(25)26/h1-7,11-12,24H,(H2,20,21,27)/t11-,12-,15+/m1/s1. The molecule has 7 nitrogen and oxygen atoms in total. The zero-order valence-electron chi connectivity index (χ0n) is 13.8. The van der Waals surface area contributed by atoms with Crippen molar-refractivity contribution in [2.45, 2.75) is 17.9 Å². The van der Waals surface area contributed by atoms with Crippen LogP contribution in [0.2, 0.25) is 0 Å². The van der Waals surface area contributed by atoms with Crippen LogP contribution < -0.4 is 10.6 Å². The molecule has 3 N–H and O–H groups in total. The highest BCUT2D eigenvalue weighted by Crippen LogP contribution is 2.44. The summed E-state index contributed by atoms with van der Waals surface area (Å²) in [6, 6.07) is 6.17. The van der Waals surface area contributed by atoms with Crippen LogP contribution in [-0.4, -0.2) is 32.8 Å². The van der Waals surface area contributed by atoms with E-state index in [9.17, 15) is 33.2 Å². The van der Waals surface area contributed by atoms with E-state index in [1.807, 2.05) is 0 Å². The maximum atomic E-state index is 13.8. The summed E-state index contributed by atoms with van der Waals surface area (Å²) in [5.74, 6) is -3.06. The van der Waals surface area contributed by atoms with Gasteiger partial charge >= 0.3 is 6.18 Å². The highest BCUT2D eigenvalue weighted by Gasteiger charge is 2.65. The van der Waals surface area contributed by atoms with Crippen LogP contribution in [-0.2, 0) is 0 Å². The van der Waals surface area contributed by atoms with Gasteiger partial charge in [-0.3, -0.25) is 14.9 Å². The number of hydrogen-bond donors (Lipinski definition) is 3. The first-order valence-corrected chi connectivity index (χ1v) is 9.03. The third kappa shape index (κ3) is 3.45. The second-order valence-corrected chi connectivity index (χ2v) is 7.37. The van der Waals surface area contributed by atoms with Crippen LogP contribution in [0, 0.1) is 16.0 Å². The number of benzene rings is 1. The molecule has 1 saturated heterocycles. The largest absolute Gasteiger partial charge is 0.437 e. The van der Waals surface area contributed by atoms with Gasteiger partial charge in [0.2, 0.25) is 5.72 Å². The molecule has 148 valence electrons. The van der Waals surface area contributed by atoms with Crippen LogP contribution in [0.25, 0.3) is 0 Å². The van der Waals surface area contributed by atoms with Crippen molar-refractivity contribution in [2.75, 3.05) is 0 Å². The minimum Gasteiger partial charge on any atom is -0.363 e. The van der Waals surface area contributed by atoms with Crippen LogP contribution in [0.4, 0.5) is 18.9 Å². The molecule has 1 aliphatic rings. The van der Waals surface area contributed by atoms with E-state index in [2.05, 4.69) is 5.32 Å². The monoisotopic (exact) mass is 431 g/mol. The predicted molar refractivity (Wildman–Crippen MR) is 97.9 cm³/mol. The fourth-order valence-electron chi connectivity index (χ4n) is 3.02. The number of carbonyl (C=O) groups is 1. The summed E-state index contributed by atoms with van der Waals surface area (Å²) in [5, 5.41) is 26.8. The van der Waals surface area contributed by atoms with Gasteiger partial charge in [-0.15, -0.1) is 11.3 Å².